The van der Waals surface area contributed by atoms with E-state index < -0.39 is 40.4 Å². The number of ether oxygens (including phenoxy) is 1. The third kappa shape index (κ3) is 7.96. The van der Waals surface area contributed by atoms with Gasteiger partial charge in [0.1, 0.15) is 5.82 Å². The van der Waals surface area contributed by atoms with E-state index in [-0.39, 0.29) is 28.8 Å². The summed E-state index contributed by atoms with van der Waals surface area (Å²) in [6.45, 7) is -1.47. The summed E-state index contributed by atoms with van der Waals surface area (Å²) in [6, 6.07) is 16.6. The molecule has 4 rings (SSSR count). The zero-order valence-electron chi connectivity index (χ0n) is 20.7. The molecule has 0 radical (unpaired) electrons. The van der Waals surface area contributed by atoms with Crippen LogP contribution in [0.2, 0.25) is 0 Å². The van der Waals surface area contributed by atoms with Crippen molar-refractivity contribution in [2.75, 3.05) is 23.5 Å². The molecular weight excluding hydrogens is 554 g/mol. The van der Waals surface area contributed by atoms with Gasteiger partial charge in [-0.15, -0.1) is 0 Å². The minimum Gasteiger partial charge on any atom is -0.454 e. The van der Waals surface area contributed by atoms with Gasteiger partial charge in [0.15, 0.2) is 22.3 Å². The fourth-order valence-electron chi connectivity index (χ4n) is 3.32. The number of sulfone groups is 1. The Bertz CT molecular complexity index is 1600. The van der Waals surface area contributed by atoms with Crippen molar-refractivity contribution in [2.24, 2.45) is 0 Å². The van der Waals surface area contributed by atoms with Crippen LogP contribution in [0.4, 0.5) is 29.2 Å². The molecule has 0 fully saturated rings. The molecule has 40 heavy (non-hydrogen) atoms. The van der Waals surface area contributed by atoms with E-state index in [1.165, 1.54) is 72.8 Å². The molecule has 0 unspecified atom stereocenters. The highest BCUT2D eigenvalue weighted by molar-refractivity contribution is 7.90. The molecule has 0 spiro atoms. The molecule has 0 aliphatic carbocycles. The Hall–Kier alpha value is -4.59. The van der Waals surface area contributed by atoms with Crippen LogP contribution in [0.25, 0.3) is 11.4 Å². The van der Waals surface area contributed by atoms with E-state index >= 15 is 0 Å². The predicted octanol–water partition coefficient (Wildman–Crippen LogP) is 4.89. The number of hydrogen-bond acceptors (Lipinski definition) is 8. The molecule has 1 amide bonds. The first-order valence-electron chi connectivity index (χ1n) is 11.5. The van der Waals surface area contributed by atoms with E-state index in [1.807, 2.05) is 0 Å². The van der Waals surface area contributed by atoms with Gasteiger partial charge in [-0.1, -0.05) is 24.3 Å². The van der Waals surface area contributed by atoms with Crippen LogP contribution in [0.15, 0.2) is 77.7 Å². The average Bonchev–Trinajstić information content (AvgIpc) is 2.91. The zero-order chi connectivity index (χ0) is 28.9. The minimum absolute atomic E-state index is 0.0166. The highest BCUT2D eigenvalue weighted by Crippen LogP contribution is 2.23. The molecule has 3 aromatic carbocycles. The molecule has 2 N–H and O–H groups in total. The molecule has 0 atom stereocenters. The number of aromatic nitrogens is 3. The molecule has 0 saturated heterocycles. The third-order valence-electron chi connectivity index (χ3n) is 5.29. The Balaban J connectivity index is 1.52. The molecule has 1 aromatic heterocycles. The number of carbonyl (C=O) groups excluding carboxylic acids is 1. The first-order valence-corrected chi connectivity index (χ1v) is 13.4. The van der Waals surface area contributed by atoms with Crippen LogP contribution in [0.3, 0.4) is 0 Å². The van der Waals surface area contributed by atoms with E-state index in [0.29, 0.717) is 16.8 Å². The number of alkyl halides is 3. The number of anilines is 2. The van der Waals surface area contributed by atoms with Crippen LogP contribution in [0.1, 0.15) is 15.9 Å². The van der Waals surface area contributed by atoms with Gasteiger partial charge in [-0.05, 0) is 54.1 Å². The molecule has 0 aliphatic rings. The predicted molar refractivity (Wildman–Crippen MR) is 138 cm³/mol. The number of nitrogens with one attached hydrogen (secondary N) is 2. The van der Waals surface area contributed by atoms with E-state index in [2.05, 4.69) is 25.6 Å². The van der Waals surface area contributed by atoms with Crippen molar-refractivity contribution in [3.63, 3.8) is 0 Å². The summed E-state index contributed by atoms with van der Waals surface area (Å²) in [5.41, 5.74) is 1.65. The van der Waals surface area contributed by atoms with Gasteiger partial charge in [0.05, 0.1) is 4.90 Å². The Kier molecular flexibility index (Phi) is 8.28. The highest BCUT2D eigenvalue weighted by atomic mass is 32.2. The lowest BCUT2D eigenvalue weighted by molar-refractivity contribution is -0.154. The first kappa shape index (κ1) is 28.4. The topological polar surface area (TPSA) is 123 Å². The third-order valence-corrected chi connectivity index (χ3v) is 6.42. The lowest BCUT2D eigenvalue weighted by Gasteiger charge is -2.11. The van der Waals surface area contributed by atoms with Crippen molar-refractivity contribution < 1.29 is 35.5 Å². The van der Waals surface area contributed by atoms with Gasteiger partial charge in [0, 0.05) is 29.6 Å². The number of nitrogens with zero attached hydrogens (tertiary/aromatic N) is 3. The summed E-state index contributed by atoms with van der Waals surface area (Å²) >= 11 is 0. The summed E-state index contributed by atoms with van der Waals surface area (Å²) in [5, 5.41) is 5.50. The van der Waals surface area contributed by atoms with Crippen LogP contribution in [-0.2, 0) is 16.4 Å². The molecule has 208 valence electrons. The lowest BCUT2D eigenvalue weighted by atomic mass is 10.1. The van der Waals surface area contributed by atoms with Crippen molar-refractivity contribution in [1.29, 1.82) is 0 Å². The quantitative estimate of drug-likeness (QED) is 0.271. The highest BCUT2D eigenvalue weighted by Gasteiger charge is 2.29. The van der Waals surface area contributed by atoms with E-state index in [4.69, 9.17) is 4.74 Å². The molecule has 1 heterocycles. The van der Waals surface area contributed by atoms with Crippen molar-refractivity contribution in [1.82, 2.24) is 15.0 Å². The summed E-state index contributed by atoms with van der Waals surface area (Å²) in [5.74, 6) is -0.996. The van der Waals surface area contributed by atoms with Crippen molar-refractivity contribution in [3.05, 3.63) is 89.7 Å². The zero-order valence-corrected chi connectivity index (χ0v) is 21.6. The van der Waals surface area contributed by atoms with Gasteiger partial charge in [-0.25, -0.2) is 12.8 Å². The number of benzene rings is 3. The summed E-state index contributed by atoms with van der Waals surface area (Å²) in [7, 11) is -3.38. The number of hydrogen-bond donors (Lipinski definition) is 2. The monoisotopic (exact) mass is 575 g/mol. The Morgan fingerprint density at radius 3 is 2.15 bits per heavy atom. The second kappa shape index (κ2) is 11.7. The fourth-order valence-corrected chi connectivity index (χ4v) is 3.95. The first-order chi connectivity index (χ1) is 18.9. The second-order valence-electron chi connectivity index (χ2n) is 8.48. The van der Waals surface area contributed by atoms with Crippen molar-refractivity contribution >= 4 is 27.4 Å². The number of carbonyl (C=O) groups is 1. The molecule has 14 heteroatoms. The Morgan fingerprint density at radius 1 is 0.900 bits per heavy atom. The minimum atomic E-state index is -4.62. The summed E-state index contributed by atoms with van der Waals surface area (Å²) in [4.78, 5) is 24.8. The number of rotatable bonds is 9. The van der Waals surface area contributed by atoms with Gasteiger partial charge in [0.2, 0.25) is 5.95 Å². The fraction of sp³-hybridized carbons (Fsp3) is 0.154. The van der Waals surface area contributed by atoms with Crippen LogP contribution >= 0.6 is 0 Å². The summed E-state index contributed by atoms with van der Waals surface area (Å²) < 4.78 is 79.2. The normalized spacial score (nSPS) is 11.6. The average molecular weight is 576 g/mol. The molecule has 0 aliphatic heterocycles. The van der Waals surface area contributed by atoms with Gasteiger partial charge < -0.3 is 15.4 Å². The van der Waals surface area contributed by atoms with Gasteiger partial charge in [-0.2, -0.15) is 28.1 Å². The van der Waals surface area contributed by atoms with Crippen LogP contribution in [-0.4, -0.2) is 48.3 Å². The number of halogens is 4. The molecule has 9 nitrogen and oxygen atoms in total. The van der Waals surface area contributed by atoms with Crippen molar-refractivity contribution in [2.45, 2.75) is 17.6 Å². The maximum atomic E-state index is 13.2. The lowest BCUT2D eigenvalue weighted by Crippen LogP contribution is -2.20. The van der Waals surface area contributed by atoms with Gasteiger partial charge in [-0.3, -0.25) is 4.79 Å². The van der Waals surface area contributed by atoms with E-state index in [0.717, 1.165) is 6.26 Å². The van der Waals surface area contributed by atoms with Crippen LogP contribution < -0.4 is 15.4 Å². The molecular formula is C26H21F4N5O4S. The largest absolute Gasteiger partial charge is 0.454 e. The molecule has 0 bridgehead atoms. The standard InChI is InChI=1S/C26H21F4N5O4S/c1-40(37,38)21-12-10-20(11-13-21)32-23(36)18-6-4-17(5-7-18)22-33-24(31-14-16-2-8-19(27)9-3-16)35-25(34-22)39-15-26(28,29)30/h2-13H,14-15H2,1H3,(H,32,36)(H,31,33,34,35). The maximum absolute atomic E-state index is 13.2. The molecule has 4 aromatic rings. The van der Waals surface area contributed by atoms with Crippen LogP contribution in [0, 0.1) is 5.82 Å². The molecule has 0 saturated carbocycles. The Morgan fingerprint density at radius 2 is 1.55 bits per heavy atom. The number of amides is 1. The van der Waals surface area contributed by atoms with E-state index in [9.17, 15) is 30.8 Å². The second-order valence-corrected chi connectivity index (χ2v) is 10.5. The SMILES string of the molecule is CS(=O)(=O)c1ccc(NC(=O)c2ccc(-c3nc(NCc4ccc(F)cc4)nc(OCC(F)(F)F)n3)cc2)cc1. The van der Waals surface area contributed by atoms with Gasteiger partial charge >= 0.3 is 12.2 Å². The van der Waals surface area contributed by atoms with Crippen molar-refractivity contribution in [3.8, 4) is 17.4 Å². The van der Waals surface area contributed by atoms with Crippen LogP contribution in [0.5, 0.6) is 6.01 Å². The summed E-state index contributed by atoms with van der Waals surface area (Å²) in [6.07, 6.45) is -3.54. The smallest absolute Gasteiger partial charge is 0.422 e. The van der Waals surface area contributed by atoms with E-state index in [1.54, 1.807) is 0 Å². The Labute approximate surface area is 226 Å². The maximum Gasteiger partial charge on any atom is 0.422 e. The van der Waals surface area contributed by atoms with Gasteiger partial charge in [0.25, 0.3) is 5.91 Å².